The molecule has 0 aliphatic rings. The standard InChI is InChI=1S/C7H5N2.C5H11.2C3H7.2U/c8-5-6-1-3-7(9)4-2-6;1-3-5-4-2;2*1-3-2;;/h1-3H,9H2;1,3-5H2,2H3;2*1,3H2,2H3;;/q4*-1;2*+2. The van der Waals surface area contributed by atoms with Crippen LogP contribution in [0, 0.1) is 100 Å². The van der Waals surface area contributed by atoms with E-state index in [1.54, 1.807) is 18.2 Å². The summed E-state index contributed by atoms with van der Waals surface area (Å²) in [5, 5.41) is 8.32. The molecule has 0 radical (unpaired) electrons. The largest absolute Gasteiger partial charge is 2.00 e. The molecule has 0 spiro atoms. The Hall–Kier alpha value is 0.614. The van der Waals surface area contributed by atoms with Crippen LogP contribution in [-0.2, 0) is 0 Å². The van der Waals surface area contributed by atoms with E-state index in [4.69, 9.17) is 11.0 Å². The third-order valence-electron chi connectivity index (χ3n) is 1.57. The zero-order chi connectivity index (χ0) is 16.2. The molecular weight excluding hydrogens is 720 g/mol. The summed E-state index contributed by atoms with van der Waals surface area (Å²) in [6.45, 7) is 16.8. The summed E-state index contributed by atoms with van der Waals surface area (Å²) in [5.74, 6) is 0. The van der Waals surface area contributed by atoms with Gasteiger partial charge in [-0.2, -0.15) is 37.5 Å². The molecule has 4 heteroatoms. The van der Waals surface area contributed by atoms with Crippen molar-refractivity contribution in [3.05, 3.63) is 50.6 Å². The van der Waals surface area contributed by atoms with Crippen molar-refractivity contribution in [3.63, 3.8) is 0 Å². The van der Waals surface area contributed by atoms with Gasteiger partial charge in [0.25, 0.3) is 0 Å². The van der Waals surface area contributed by atoms with E-state index < -0.39 is 0 Å². The second-order valence-electron chi connectivity index (χ2n) is 3.85. The van der Waals surface area contributed by atoms with Crippen LogP contribution in [0.2, 0.25) is 0 Å². The van der Waals surface area contributed by atoms with Gasteiger partial charge in [0.2, 0.25) is 0 Å². The molecule has 0 saturated carbocycles. The molecule has 0 amide bonds. The van der Waals surface area contributed by atoms with Crippen molar-refractivity contribution < 1.29 is 62.2 Å². The van der Waals surface area contributed by atoms with E-state index in [-0.39, 0.29) is 62.2 Å². The molecule has 1 rings (SSSR count). The quantitative estimate of drug-likeness (QED) is 0.325. The van der Waals surface area contributed by atoms with E-state index in [1.165, 1.54) is 12.8 Å². The smallest absolute Gasteiger partial charge is 0.420 e. The third kappa shape index (κ3) is 37.1. The van der Waals surface area contributed by atoms with Crippen LogP contribution in [0.3, 0.4) is 0 Å². The number of hydrogen-bond donors (Lipinski definition) is 1. The number of nitrogens with zero attached hydrogens (tertiary/aromatic N) is 1. The van der Waals surface area contributed by atoms with Crippen molar-refractivity contribution in [2.24, 2.45) is 0 Å². The van der Waals surface area contributed by atoms with Crippen LogP contribution in [-0.4, -0.2) is 0 Å². The Balaban J connectivity index is -0.0000000645. The predicted molar refractivity (Wildman–Crippen MR) is 90.6 cm³/mol. The molecule has 0 bridgehead atoms. The minimum absolute atomic E-state index is 0. The van der Waals surface area contributed by atoms with Crippen molar-refractivity contribution >= 4 is 5.69 Å². The first-order chi connectivity index (χ1) is 9.57. The predicted octanol–water partition coefficient (Wildman–Crippen LogP) is 5.41. The van der Waals surface area contributed by atoms with Crippen LogP contribution < -0.4 is 5.73 Å². The Kier molecular flexibility index (Phi) is 51.5. The van der Waals surface area contributed by atoms with Gasteiger partial charge < -0.3 is 26.5 Å². The van der Waals surface area contributed by atoms with E-state index in [2.05, 4.69) is 33.8 Å². The van der Waals surface area contributed by atoms with Gasteiger partial charge in [-0.1, -0.05) is 44.9 Å². The molecule has 1 aromatic carbocycles. The molecule has 0 aromatic heterocycles. The summed E-state index contributed by atoms with van der Waals surface area (Å²) in [4.78, 5) is 0. The summed E-state index contributed by atoms with van der Waals surface area (Å²) in [5.41, 5.74) is 6.47. The molecule has 22 heavy (non-hydrogen) atoms. The minimum atomic E-state index is 0. The number of anilines is 1. The van der Waals surface area contributed by atoms with Crippen molar-refractivity contribution in [3.8, 4) is 6.07 Å². The maximum Gasteiger partial charge on any atom is 2.00 e. The number of nitrogens with two attached hydrogens (primary N) is 1. The molecule has 2 nitrogen and oxygen atoms in total. The van der Waals surface area contributed by atoms with E-state index in [0.29, 0.717) is 11.3 Å². The van der Waals surface area contributed by atoms with Crippen LogP contribution in [0.25, 0.3) is 0 Å². The molecule has 0 aliphatic heterocycles. The Morgan fingerprint density at radius 1 is 1.09 bits per heavy atom. The van der Waals surface area contributed by atoms with Crippen LogP contribution >= 0.6 is 0 Å². The summed E-state index contributed by atoms with van der Waals surface area (Å²) in [6, 6.07) is 9.55. The van der Waals surface area contributed by atoms with Crippen LogP contribution in [0.4, 0.5) is 5.69 Å². The van der Waals surface area contributed by atoms with Gasteiger partial charge in [-0.05, 0) is 0 Å². The molecular formula is C18H30N2U2. The zero-order valence-electron chi connectivity index (χ0n) is 14.4. The first-order valence-corrected chi connectivity index (χ1v) is 7.12. The summed E-state index contributed by atoms with van der Waals surface area (Å²) >= 11 is 0. The van der Waals surface area contributed by atoms with Gasteiger partial charge in [-0.25, -0.2) is 5.26 Å². The minimum Gasteiger partial charge on any atom is -0.420 e. The Morgan fingerprint density at radius 2 is 1.55 bits per heavy atom. The fraction of sp³-hybridized carbons (Fsp3) is 0.444. The van der Waals surface area contributed by atoms with E-state index in [0.717, 1.165) is 19.3 Å². The van der Waals surface area contributed by atoms with Crippen molar-refractivity contribution in [2.75, 3.05) is 5.73 Å². The van der Waals surface area contributed by atoms with Crippen LogP contribution in [0.15, 0.2) is 18.2 Å². The number of rotatable bonds is 2. The van der Waals surface area contributed by atoms with Crippen molar-refractivity contribution in [1.82, 2.24) is 0 Å². The summed E-state index contributed by atoms with van der Waals surface area (Å²) in [7, 11) is 0. The zero-order valence-corrected chi connectivity index (χ0v) is 22.7. The summed E-state index contributed by atoms with van der Waals surface area (Å²) in [6.07, 6.45) is 5.65. The number of unbranched alkanes of at least 4 members (excludes halogenated alkanes) is 2. The van der Waals surface area contributed by atoms with Gasteiger partial charge >= 0.3 is 62.2 Å². The van der Waals surface area contributed by atoms with E-state index in [1.807, 2.05) is 19.9 Å². The van der Waals surface area contributed by atoms with Gasteiger partial charge in [0.1, 0.15) is 0 Å². The summed E-state index contributed by atoms with van der Waals surface area (Å²) < 4.78 is 0. The first kappa shape index (κ1) is 34.1. The van der Waals surface area contributed by atoms with E-state index >= 15 is 0 Å². The topological polar surface area (TPSA) is 49.8 Å². The molecule has 0 fully saturated rings. The maximum absolute atomic E-state index is 8.32. The van der Waals surface area contributed by atoms with Gasteiger partial charge in [0.05, 0.1) is 0 Å². The normalized spacial score (nSPS) is 6.95. The number of hydrogen-bond acceptors (Lipinski definition) is 2. The number of benzene rings is 1. The number of nitriles is 1. The Morgan fingerprint density at radius 3 is 1.73 bits per heavy atom. The van der Waals surface area contributed by atoms with Gasteiger partial charge in [0, 0.05) is 6.07 Å². The van der Waals surface area contributed by atoms with Crippen LogP contribution in [0.1, 0.15) is 58.4 Å². The molecule has 0 unspecified atom stereocenters. The maximum atomic E-state index is 8.32. The molecule has 0 aliphatic carbocycles. The van der Waals surface area contributed by atoms with Gasteiger partial charge in [-0.3, -0.25) is 0 Å². The number of nitrogen functional groups attached to an aromatic ring is 1. The fourth-order valence-corrected chi connectivity index (χ4v) is 0.756. The third-order valence-corrected chi connectivity index (χ3v) is 1.57. The molecule has 0 heterocycles. The Bertz CT molecular complexity index is 302. The van der Waals surface area contributed by atoms with E-state index in [9.17, 15) is 0 Å². The van der Waals surface area contributed by atoms with Crippen LogP contribution in [0.5, 0.6) is 0 Å². The molecule has 120 valence electrons. The van der Waals surface area contributed by atoms with Crippen molar-refractivity contribution in [2.45, 2.75) is 52.9 Å². The average molecular weight is 751 g/mol. The molecule has 2 N–H and O–H groups in total. The van der Waals surface area contributed by atoms with Gasteiger partial charge in [0.15, 0.2) is 0 Å². The SMILES string of the molecule is N#Cc1c[c-]c(N)cc1.[CH2-]CC.[CH2-]CC.[CH2-]CCCC.[U+2].[U+2]. The first-order valence-electron chi connectivity index (χ1n) is 7.12. The van der Waals surface area contributed by atoms with Gasteiger partial charge in [-0.15, -0.1) is 6.07 Å². The molecule has 0 atom stereocenters. The molecule has 1 aromatic rings. The molecule has 0 saturated heterocycles. The second kappa shape index (κ2) is 33.3. The Labute approximate surface area is 186 Å². The second-order valence-corrected chi connectivity index (χ2v) is 3.85. The average Bonchev–Trinajstić information content (AvgIpc) is 2.43. The fourth-order valence-electron chi connectivity index (χ4n) is 0.756. The monoisotopic (exact) mass is 750 g/mol. The van der Waals surface area contributed by atoms with Crippen molar-refractivity contribution in [1.29, 1.82) is 5.26 Å².